The second kappa shape index (κ2) is 4.92. The quantitative estimate of drug-likeness (QED) is 0.574. The van der Waals surface area contributed by atoms with Crippen molar-refractivity contribution in [2.24, 2.45) is 0 Å². The van der Waals surface area contributed by atoms with Gasteiger partial charge in [0.2, 0.25) is 5.91 Å². The monoisotopic (exact) mass is 226 g/mol. The fourth-order valence-corrected chi connectivity index (χ4v) is 2.96. The number of β-lactam (4-membered cyclic amide) rings is 1. The van der Waals surface area contributed by atoms with Crippen LogP contribution in [0.25, 0.3) is 0 Å². The van der Waals surface area contributed by atoms with Crippen LogP contribution in [0.1, 0.15) is 32.6 Å². The van der Waals surface area contributed by atoms with Crippen molar-refractivity contribution in [2.75, 3.05) is 12.3 Å². The second-order valence-corrected chi connectivity index (χ2v) is 5.23. The molecule has 2 aliphatic rings. The van der Waals surface area contributed by atoms with Crippen molar-refractivity contribution in [3.05, 3.63) is 11.9 Å². The Kier molecular flexibility index (Phi) is 3.57. The van der Waals surface area contributed by atoms with Crippen molar-refractivity contribution in [3.63, 3.8) is 0 Å². The first-order chi connectivity index (χ1) is 7.31. The first-order valence-electron chi connectivity index (χ1n) is 5.68. The standard InChI is InChI=1S/C11H18N2OS/c1-2-3-4-5-12-9-7-13-10(14)6-11(13)15-8-9/h7,11-12H,2-6,8H2,1H3/t11-/m1/s1. The number of amides is 1. The van der Waals surface area contributed by atoms with Crippen molar-refractivity contribution < 1.29 is 4.79 Å². The molecule has 1 saturated heterocycles. The maximum atomic E-state index is 11.2. The predicted molar refractivity (Wildman–Crippen MR) is 63.3 cm³/mol. The average Bonchev–Trinajstić information content (AvgIpc) is 2.25. The molecule has 0 spiro atoms. The molecule has 1 amide bonds. The van der Waals surface area contributed by atoms with Crippen molar-refractivity contribution in [2.45, 2.75) is 38.0 Å². The van der Waals surface area contributed by atoms with E-state index in [0.717, 1.165) is 18.7 Å². The van der Waals surface area contributed by atoms with Gasteiger partial charge in [-0.05, 0) is 6.42 Å². The summed E-state index contributed by atoms with van der Waals surface area (Å²) in [6.45, 7) is 3.24. The maximum absolute atomic E-state index is 11.2. The third-order valence-electron chi connectivity index (χ3n) is 2.81. The Bertz CT molecular complexity index is 278. The lowest BCUT2D eigenvalue weighted by molar-refractivity contribution is -0.137. The van der Waals surface area contributed by atoms with Crippen LogP contribution in [0, 0.1) is 0 Å². The Hall–Kier alpha value is -0.640. The van der Waals surface area contributed by atoms with Gasteiger partial charge >= 0.3 is 0 Å². The zero-order valence-electron chi connectivity index (χ0n) is 9.16. The molecule has 84 valence electrons. The van der Waals surface area contributed by atoms with Gasteiger partial charge in [0.1, 0.15) is 0 Å². The molecule has 0 bridgehead atoms. The molecule has 3 nitrogen and oxygen atoms in total. The van der Waals surface area contributed by atoms with Gasteiger partial charge in [-0.2, -0.15) is 0 Å². The van der Waals surface area contributed by atoms with Crippen LogP contribution in [-0.2, 0) is 4.79 Å². The highest BCUT2D eigenvalue weighted by molar-refractivity contribution is 8.00. The molecular formula is C11H18N2OS. The van der Waals surface area contributed by atoms with E-state index in [2.05, 4.69) is 12.2 Å². The molecule has 4 heteroatoms. The number of rotatable bonds is 5. The molecular weight excluding hydrogens is 208 g/mol. The Morgan fingerprint density at radius 2 is 2.47 bits per heavy atom. The summed E-state index contributed by atoms with van der Waals surface area (Å²) in [6.07, 6.45) is 6.47. The van der Waals surface area contributed by atoms with E-state index in [9.17, 15) is 4.79 Å². The first kappa shape index (κ1) is 10.9. The first-order valence-corrected chi connectivity index (χ1v) is 6.73. The van der Waals surface area contributed by atoms with Gasteiger partial charge in [0.05, 0.1) is 11.8 Å². The zero-order chi connectivity index (χ0) is 10.7. The van der Waals surface area contributed by atoms with E-state index in [0.29, 0.717) is 5.37 Å². The number of nitrogens with one attached hydrogen (secondary N) is 1. The van der Waals surface area contributed by atoms with E-state index in [1.54, 1.807) is 0 Å². The highest BCUT2D eigenvalue weighted by Gasteiger charge is 2.37. The van der Waals surface area contributed by atoms with Crippen LogP contribution in [-0.4, -0.2) is 28.5 Å². The van der Waals surface area contributed by atoms with Crippen LogP contribution in [0.2, 0.25) is 0 Å². The number of carbonyl (C=O) groups is 1. The smallest absolute Gasteiger partial charge is 0.230 e. The molecule has 0 saturated carbocycles. The molecule has 0 aliphatic carbocycles. The number of unbranched alkanes of at least 4 members (excludes halogenated alkanes) is 2. The molecule has 0 aromatic carbocycles. The molecule has 15 heavy (non-hydrogen) atoms. The third-order valence-corrected chi connectivity index (χ3v) is 4.06. The number of hydrogen-bond acceptors (Lipinski definition) is 3. The van der Waals surface area contributed by atoms with Crippen LogP contribution < -0.4 is 5.32 Å². The van der Waals surface area contributed by atoms with E-state index >= 15 is 0 Å². The van der Waals surface area contributed by atoms with Crippen molar-refractivity contribution >= 4 is 17.7 Å². The number of fused-ring (bicyclic) bond motifs is 1. The molecule has 1 atom stereocenters. The average molecular weight is 226 g/mol. The summed E-state index contributed by atoms with van der Waals surface area (Å²) in [7, 11) is 0. The van der Waals surface area contributed by atoms with E-state index < -0.39 is 0 Å². The fourth-order valence-electron chi connectivity index (χ4n) is 1.81. The van der Waals surface area contributed by atoms with E-state index in [4.69, 9.17) is 0 Å². The predicted octanol–water partition coefficient (Wildman–Crippen LogP) is 1.91. The molecule has 0 radical (unpaired) electrons. The van der Waals surface area contributed by atoms with Crippen molar-refractivity contribution in [3.8, 4) is 0 Å². The highest BCUT2D eigenvalue weighted by Crippen LogP contribution is 2.34. The van der Waals surface area contributed by atoms with Crippen molar-refractivity contribution in [1.82, 2.24) is 10.2 Å². The number of carbonyl (C=O) groups excluding carboxylic acids is 1. The minimum absolute atomic E-state index is 0.264. The van der Waals surface area contributed by atoms with E-state index in [1.807, 2.05) is 22.9 Å². The largest absolute Gasteiger partial charge is 0.386 e. The van der Waals surface area contributed by atoms with Gasteiger partial charge in [0, 0.05) is 24.2 Å². The summed E-state index contributed by atoms with van der Waals surface area (Å²) in [4.78, 5) is 13.1. The number of nitrogens with zero attached hydrogens (tertiary/aromatic N) is 1. The zero-order valence-corrected chi connectivity index (χ0v) is 9.98. The van der Waals surface area contributed by atoms with Crippen molar-refractivity contribution in [1.29, 1.82) is 0 Å². The van der Waals surface area contributed by atoms with Crippen LogP contribution in [0.15, 0.2) is 11.9 Å². The summed E-state index contributed by atoms with van der Waals surface area (Å²) in [5.41, 5.74) is 1.21. The Labute approximate surface area is 95.3 Å². The van der Waals surface area contributed by atoms with Crippen LogP contribution >= 0.6 is 11.8 Å². The van der Waals surface area contributed by atoms with Gasteiger partial charge in [0.25, 0.3) is 0 Å². The lowest BCUT2D eigenvalue weighted by Gasteiger charge is -2.41. The lowest BCUT2D eigenvalue weighted by Crippen LogP contribution is -2.50. The molecule has 1 fully saturated rings. The molecule has 0 unspecified atom stereocenters. The second-order valence-electron chi connectivity index (χ2n) is 4.06. The van der Waals surface area contributed by atoms with Gasteiger partial charge in [-0.25, -0.2) is 0 Å². The van der Waals surface area contributed by atoms with Gasteiger partial charge in [-0.3, -0.25) is 4.79 Å². The summed E-state index contributed by atoms with van der Waals surface area (Å²) in [5, 5.41) is 3.84. The normalized spacial score (nSPS) is 24.3. The van der Waals surface area contributed by atoms with Gasteiger partial charge in [-0.1, -0.05) is 19.8 Å². The SMILES string of the molecule is CCCCCNC1=CN2C(=O)C[C@H]2SC1. The summed E-state index contributed by atoms with van der Waals surface area (Å²) in [5.74, 6) is 1.29. The minimum Gasteiger partial charge on any atom is -0.386 e. The highest BCUT2D eigenvalue weighted by atomic mass is 32.2. The van der Waals surface area contributed by atoms with Gasteiger partial charge < -0.3 is 10.2 Å². The molecule has 1 N–H and O–H groups in total. The number of hydrogen-bond donors (Lipinski definition) is 1. The van der Waals surface area contributed by atoms with Gasteiger partial charge in [-0.15, -0.1) is 11.8 Å². The summed E-state index contributed by atoms with van der Waals surface area (Å²) in [6, 6.07) is 0. The molecule has 0 aromatic heterocycles. The Balaban J connectivity index is 1.75. The summed E-state index contributed by atoms with van der Waals surface area (Å²) < 4.78 is 0. The maximum Gasteiger partial charge on any atom is 0.230 e. The molecule has 2 rings (SSSR count). The Morgan fingerprint density at radius 1 is 1.60 bits per heavy atom. The van der Waals surface area contributed by atoms with Gasteiger partial charge in [0.15, 0.2) is 0 Å². The molecule has 2 aliphatic heterocycles. The Morgan fingerprint density at radius 3 is 3.20 bits per heavy atom. The number of thioether (sulfide) groups is 1. The molecule has 0 aromatic rings. The fraction of sp³-hybridized carbons (Fsp3) is 0.727. The molecule has 2 heterocycles. The van der Waals surface area contributed by atoms with E-state index in [1.165, 1.54) is 25.0 Å². The third kappa shape index (κ3) is 2.48. The lowest BCUT2D eigenvalue weighted by atomic mass is 10.2. The van der Waals surface area contributed by atoms with Crippen LogP contribution in [0.4, 0.5) is 0 Å². The summed E-state index contributed by atoms with van der Waals surface area (Å²) >= 11 is 1.86. The topological polar surface area (TPSA) is 32.3 Å². The van der Waals surface area contributed by atoms with Crippen LogP contribution in [0.3, 0.4) is 0 Å². The minimum atomic E-state index is 0.264. The van der Waals surface area contributed by atoms with Crippen LogP contribution in [0.5, 0.6) is 0 Å². The van der Waals surface area contributed by atoms with E-state index in [-0.39, 0.29) is 5.91 Å².